The molecule has 0 aromatic heterocycles. The van der Waals surface area contributed by atoms with Gasteiger partial charge in [0.15, 0.2) is 0 Å². The maximum Gasteiger partial charge on any atom is 0.0208 e. The van der Waals surface area contributed by atoms with Crippen molar-refractivity contribution in [1.82, 2.24) is 10.6 Å². The molecule has 3 heteroatoms. The van der Waals surface area contributed by atoms with E-state index in [0.717, 1.165) is 24.1 Å². The first-order chi connectivity index (χ1) is 7.88. The zero-order chi connectivity index (χ0) is 12.9. The van der Waals surface area contributed by atoms with Gasteiger partial charge in [0.2, 0.25) is 0 Å². The Morgan fingerprint density at radius 3 is 2.47 bits per heavy atom. The Morgan fingerprint density at radius 1 is 1.18 bits per heavy atom. The van der Waals surface area contributed by atoms with Crippen LogP contribution in [-0.4, -0.2) is 18.6 Å². The van der Waals surface area contributed by atoms with Gasteiger partial charge in [-0.3, -0.25) is 0 Å². The highest BCUT2D eigenvalue weighted by Gasteiger charge is 2.06. The summed E-state index contributed by atoms with van der Waals surface area (Å²) in [6, 6.07) is 6.42. The van der Waals surface area contributed by atoms with Crippen LogP contribution in [0.4, 0.5) is 0 Å². The molecule has 0 heterocycles. The first-order valence-electron chi connectivity index (χ1n) is 6.09. The number of benzene rings is 1. The molecule has 17 heavy (non-hydrogen) atoms. The Bertz CT molecular complexity index is 356. The maximum atomic E-state index is 3.48. The molecule has 0 saturated heterocycles. The Labute approximate surface area is 113 Å². The lowest BCUT2D eigenvalue weighted by Crippen LogP contribution is -2.40. The zero-order valence-electron chi connectivity index (χ0n) is 11.2. The lowest BCUT2D eigenvalue weighted by Gasteiger charge is -2.20. The fourth-order valence-corrected chi connectivity index (χ4v) is 2.08. The second-order valence-electron chi connectivity index (χ2n) is 5.42. The third-order valence-corrected chi connectivity index (χ3v) is 3.07. The van der Waals surface area contributed by atoms with Gasteiger partial charge in [-0.25, -0.2) is 0 Å². The fraction of sp³-hybridized carbons (Fsp3) is 0.571. The molecule has 96 valence electrons. The van der Waals surface area contributed by atoms with Crippen molar-refractivity contribution >= 4 is 15.9 Å². The third kappa shape index (κ3) is 6.20. The molecule has 0 bridgehead atoms. The van der Waals surface area contributed by atoms with E-state index >= 15 is 0 Å². The predicted molar refractivity (Wildman–Crippen MR) is 78.3 cm³/mol. The van der Waals surface area contributed by atoms with E-state index in [2.05, 4.69) is 72.5 Å². The number of hydrogen-bond donors (Lipinski definition) is 2. The predicted octanol–water partition coefficient (Wildman–Crippen LogP) is 3.24. The van der Waals surface area contributed by atoms with Crippen molar-refractivity contribution in [3.63, 3.8) is 0 Å². The minimum absolute atomic E-state index is 0.204. The van der Waals surface area contributed by atoms with E-state index in [4.69, 9.17) is 0 Å². The number of halogens is 1. The van der Waals surface area contributed by atoms with Crippen molar-refractivity contribution in [3.05, 3.63) is 33.8 Å². The van der Waals surface area contributed by atoms with Gasteiger partial charge >= 0.3 is 0 Å². The van der Waals surface area contributed by atoms with E-state index in [1.54, 1.807) is 0 Å². The quantitative estimate of drug-likeness (QED) is 0.816. The highest BCUT2D eigenvalue weighted by Crippen LogP contribution is 2.15. The van der Waals surface area contributed by atoms with Gasteiger partial charge in [-0.1, -0.05) is 22.0 Å². The second-order valence-corrected chi connectivity index (χ2v) is 6.34. The van der Waals surface area contributed by atoms with Crippen LogP contribution >= 0.6 is 15.9 Å². The Morgan fingerprint density at radius 2 is 1.88 bits per heavy atom. The number of hydrogen-bond acceptors (Lipinski definition) is 2. The SMILES string of the molecule is Cc1cc(Br)ccc1CNCCNC(C)(C)C. The van der Waals surface area contributed by atoms with Crippen LogP contribution in [-0.2, 0) is 6.54 Å². The molecule has 0 aliphatic rings. The van der Waals surface area contributed by atoms with Crippen LogP contribution in [0.5, 0.6) is 0 Å². The Balaban J connectivity index is 2.27. The molecule has 0 atom stereocenters. The van der Waals surface area contributed by atoms with Gasteiger partial charge in [0, 0.05) is 29.6 Å². The summed E-state index contributed by atoms with van der Waals surface area (Å²) in [6.07, 6.45) is 0. The minimum Gasteiger partial charge on any atom is -0.311 e. The van der Waals surface area contributed by atoms with E-state index in [1.807, 2.05) is 0 Å². The molecule has 0 spiro atoms. The van der Waals surface area contributed by atoms with E-state index in [9.17, 15) is 0 Å². The van der Waals surface area contributed by atoms with E-state index in [1.165, 1.54) is 11.1 Å². The summed E-state index contributed by atoms with van der Waals surface area (Å²) in [7, 11) is 0. The highest BCUT2D eigenvalue weighted by atomic mass is 79.9. The van der Waals surface area contributed by atoms with E-state index in [0.29, 0.717) is 0 Å². The van der Waals surface area contributed by atoms with Crippen molar-refractivity contribution in [2.45, 2.75) is 39.8 Å². The van der Waals surface area contributed by atoms with Crippen molar-refractivity contribution in [3.8, 4) is 0 Å². The molecule has 0 unspecified atom stereocenters. The molecular weight excluding hydrogens is 276 g/mol. The van der Waals surface area contributed by atoms with Gasteiger partial charge in [-0.15, -0.1) is 0 Å². The lowest BCUT2D eigenvalue weighted by molar-refractivity contribution is 0.421. The number of rotatable bonds is 5. The molecule has 2 nitrogen and oxygen atoms in total. The number of aryl methyl sites for hydroxylation is 1. The summed E-state index contributed by atoms with van der Waals surface area (Å²) in [6.45, 7) is 11.6. The van der Waals surface area contributed by atoms with Crippen molar-refractivity contribution < 1.29 is 0 Å². The average Bonchev–Trinajstić information content (AvgIpc) is 2.18. The van der Waals surface area contributed by atoms with Gasteiger partial charge < -0.3 is 10.6 Å². The summed E-state index contributed by atoms with van der Waals surface area (Å²) in [5.74, 6) is 0. The van der Waals surface area contributed by atoms with E-state index in [-0.39, 0.29) is 5.54 Å². The maximum absolute atomic E-state index is 3.48. The summed E-state index contributed by atoms with van der Waals surface area (Å²) in [5, 5.41) is 6.92. The summed E-state index contributed by atoms with van der Waals surface area (Å²) in [4.78, 5) is 0. The average molecular weight is 299 g/mol. The van der Waals surface area contributed by atoms with Crippen molar-refractivity contribution in [2.75, 3.05) is 13.1 Å². The Kier molecular flexibility index (Phi) is 5.63. The van der Waals surface area contributed by atoms with Crippen LogP contribution in [0, 0.1) is 6.92 Å². The lowest BCUT2D eigenvalue weighted by atomic mass is 10.1. The van der Waals surface area contributed by atoms with Crippen molar-refractivity contribution in [2.24, 2.45) is 0 Å². The molecule has 1 rings (SSSR count). The van der Waals surface area contributed by atoms with Crippen LogP contribution in [0.2, 0.25) is 0 Å². The monoisotopic (exact) mass is 298 g/mol. The van der Waals surface area contributed by atoms with Crippen LogP contribution in [0.25, 0.3) is 0 Å². The van der Waals surface area contributed by atoms with Crippen LogP contribution in [0.3, 0.4) is 0 Å². The Hall–Kier alpha value is -0.380. The standard InChI is InChI=1S/C14H23BrN2/c1-11-9-13(15)6-5-12(11)10-16-7-8-17-14(2,3)4/h5-6,9,16-17H,7-8,10H2,1-4H3. The summed E-state index contributed by atoms with van der Waals surface area (Å²) in [5.41, 5.74) is 2.90. The minimum atomic E-state index is 0.204. The topological polar surface area (TPSA) is 24.1 Å². The van der Waals surface area contributed by atoms with Gasteiger partial charge in [0.05, 0.1) is 0 Å². The van der Waals surface area contributed by atoms with Crippen molar-refractivity contribution in [1.29, 1.82) is 0 Å². The molecule has 0 radical (unpaired) electrons. The molecule has 0 aliphatic carbocycles. The molecule has 0 aliphatic heterocycles. The van der Waals surface area contributed by atoms with Gasteiger partial charge in [-0.2, -0.15) is 0 Å². The van der Waals surface area contributed by atoms with Crippen LogP contribution in [0.15, 0.2) is 22.7 Å². The highest BCUT2D eigenvalue weighted by molar-refractivity contribution is 9.10. The van der Waals surface area contributed by atoms with Gasteiger partial charge in [0.1, 0.15) is 0 Å². The molecule has 1 aromatic carbocycles. The van der Waals surface area contributed by atoms with Crippen LogP contribution < -0.4 is 10.6 Å². The number of nitrogens with one attached hydrogen (secondary N) is 2. The smallest absolute Gasteiger partial charge is 0.0208 e. The zero-order valence-corrected chi connectivity index (χ0v) is 12.8. The first-order valence-corrected chi connectivity index (χ1v) is 6.88. The van der Waals surface area contributed by atoms with Crippen LogP contribution in [0.1, 0.15) is 31.9 Å². The molecule has 2 N–H and O–H groups in total. The first kappa shape index (κ1) is 14.7. The molecule has 0 saturated carbocycles. The normalized spacial score (nSPS) is 11.8. The molecular formula is C14H23BrN2. The summed E-state index contributed by atoms with van der Waals surface area (Å²) < 4.78 is 1.15. The van der Waals surface area contributed by atoms with Gasteiger partial charge in [0.25, 0.3) is 0 Å². The second kappa shape index (κ2) is 6.53. The van der Waals surface area contributed by atoms with Gasteiger partial charge in [-0.05, 0) is 51.0 Å². The molecule has 0 amide bonds. The molecule has 1 aromatic rings. The fourth-order valence-electron chi connectivity index (χ4n) is 1.61. The largest absolute Gasteiger partial charge is 0.311 e. The summed E-state index contributed by atoms with van der Waals surface area (Å²) >= 11 is 3.48. The third-order valence-electron chi connectivity index (χ3n) is 2.58. The molecule has 0 fully saturated rings. The van der Waals surface area contributed by atoms with E-state index < -0.39 is 0 Å².